The van der Waals surface area contributed by atoms with Crippen LogP contribution in [0.15, 0.2) is 91.0 Å². The first-order chi connectivity index (χ1) is 20.7. The SMILES string of the molecule is CCCCCCCCCCCCOCC(COC(c1ccccc1)(c1ccccc1)c1ccccc1)OC(=O)OCC. The van der Waals surface area contributed by atoms with E-state index in [0.717, 1.165) is 29.5 Å². The van der Waals surface area contributed by atoms with Crippen LogP contribution < -0.4 is 0 Å². The van der Waals surface area contributed by atoms with Crippen molar-refractivity contribution < 1.29 is 23.7 Å². The molecule has 5 nitrogen and oxygen atoms in total. The molecule has 0 saturated carbocycles. The van der Waals surface area contributed by atoms with Gasteiger partial charge in [-0.05, 0) is 30.0 Å². The second-order valence-electron chi connectivity index (χ2n) is 10.8. The Morgan fingerprint density at radius 3 is 1.52 bits per heavy atom. The summed E-state index contributed by atoms with van der Waals surface area (Å²) in [6, 6.07) is 30.5. The molecule has 1 unspecified atom stereocenters. The van der Waals surface area contributed by atoms with E-state index in [-0.39, 0.29) is 19.8 Å². The minimum absolute atomic E-state index is 0.134. The predicted molar refractivity (Wildman–Crippen MR) is 170 cm³/mol. The van der Waals surface area contributed by atoms with Crippen molar-refractivity contribution in [2.75, 3.05) is 26.4 Å². The van der Waals surface area contributed by atoms with Crippen molar-refractivity contribution in [3.8, 4) is 0 Å². The Balaban J connectivity index is 1.65. The van der Waals surface area contributed by atoms with Crippen LogP contribution in [-0.4, -0.2) is 38.7 Å². The summed E-state index contributed by atoms with van der Waals surface area (Å²) in [4.78, 5) is 12.4. The lowest BCUT2D eigenvalue weighted by molar-refractivity contribution is -0.0815. The molecule has 0 aliphatic carbocycles. The van der Waals surface area contributed by atoms with Gasteiger partial charge in [0.1, 0.15) is 5.60 Å². The second kappa shape index (κ2) is 19.9. The van der Waals surface area contributed by atoms with E-state index in [1.54, 1.807) is 6.92 Å². The monoisotopic (exact) mass is 574 g/mol. The molecule has 5 heteroatoms. The van der Waals surface area contributed by atoms with Crippen molar-refractivity contribution in [3.05, 3.63) is 108 Å². The van der Waals surface area contributed by atoms with E-state index in [1.165, 1.54) is 51.4 Å². The molecule has 0 fully saturated rings. The zero-order valence-electron chi connectivity index (χ0n) is 25.7. The number of carbonyl (C=O) groups excluding carboxylic acids is 1. The highest BCUT2D eigenvalue weighted by Gasteiger charge is 2.38. The molecule has 0 radical (unpaired) electrons. The van der Waals surface area contributed by atoms with Crippen LogP contribution in [0.25, 0.3) is 0 Å². The summed E-state index contributed by atoms with van der Waals surface area (Å²) in [5.41, 5.74) is 2.06. The largest absolute Gasteiger partial charge is 0.508 e. The molecule has 0 aromatic heterocycles. The normalized spacial score (nSPS) is 12.1. The Morgan fingerprint density at radius 1 is 0.619 bits per heavy atom. The van der Waals surface area contributed by atoms with E-state index >= 15 is 0 Å². The quantitative estimate of drug-likeness (QED) is 0.0720. The molecular formula is C37H50O5. The standard InChI is InChI=1S/C37H50O5/c1-3-5-6-7-8-9-10-11-12-22-29-39-30-35(42-36(38)40-4-2)31-41-37(32-23-16-13-17-24-32,33-25-18-14-19-26-33)34-27-20-15-21-28-34/h13-21,23-28,35H,3-12,22,29-31H2,1-2H3. The summed E-state index contributed by atoms with van der Waals surface area (Å²) in [5, 5.41) is 0. The van der Waals surface area contributed by atoms with Crippen LogP contribution in [-0.2, 0) is 24.5 Å². The van der Waals surface area contributed by atoms with Crippen molar-refractivity contribution in [2.24, 2.45) is 0 Å². The first-order valence-electron chi connectivity index (χ1n) is 15.9. The number of hydrogen-bond donors (Lipinski definition) is 0. The Bertz CT molecular complexity index is 990. The molecule has 0 bridgehead atoms. The van der Waals surface area contributed by atoms with E-state index in [1.807, 2.05) is 54.6 Å². The van der Waals surface area contributed by atoms with E-state index in [0.29, 0.717) is 6.61 Å². The van der Waals surface area contributed by atoms with Gasteiger partial charge >= 0.3 is 6.16 Å². The second-order valence-corrected chi connectivity index (χ2v) is 10.8. The van der Waals surface area contributed by atoms with Gasteiger partial charge in [0, 0.05) is 6.61 Å². The number of ether oxygens (including phenoxy) is 4. The lowest BCUT2D eigenvalue weighted by atomic mass is 9.80. The van der Waals surface area contributed by atoms with Crippen LogP contribution in [0.2, 0.25) is 0 Å². The van der Waals surface area contributed by atoms with Crippen molar-refractivity contribution in [1.29, 1.82) is 0 Å². The Morgan fingerprint density at radius 2 is 1.07 bits per heavy atom. The van der Waals surface area contributed by atoms with Gasteiger partial charge in [0.15, 0.2) is 6.10 Å². The van der Waals surface area contributed by atoms with Crippen LogP contribution in [0.5, 0.6) is 0 Å². The molecule has 3 aromatic rings. The highest BCUT2D eigenvalue weighted by atomic mass is 16.7. The van der Waals surface area contributed by atoms with Crippen molar-refractivity contribution in [2.45, 2.75) is 89.8 Å². The number of hydrogen-bond acceptors (Lipinski definition) is 5. The summed E-state index contributed by atoms with van der Waals surface area (Å²) in [6.07, 6.45) is 11.4. The Hall–Kier alpha value is -3.15. The van der Waals surface area contributed by atoms with Gasteiger partial charge in [-0.25, -0.2) is 4.79 Å². The lowest BCUT2D eigenvalue weighted by Gasteiger charge is -2.37. The number of rotatable bonds is 21. The molecule has 0 spiro atoms. The molecular weight excluding hydrogens is 524 g/mol. The fourth-order valence-corrected chi connectivity index (χ4v) is 5.30. The topological polar surface area (TPSA) is 54.0 Å². The summed E-state index contributed by atoms with van der Waals surface area (Å²) in [7, 11) is 0. The maximum absolute atomic E-state index is 12.4. The third-order valence-corrected chi connectivity index (χ3v) is 7.50. The first kappa shape index (κ1) is 33.4. The molecule has 42 heavy (non-hydrogen) atoms. The first-order valence-corrected chi connectivity index (χ1v) is 15.9. The van der Waals surface area contributed by atoms with Gasteiger partial charge in [0.2, 0.25) is 0 Å². The lowest BCUT2D eigenvalue weighted by Crippen LogP contribution is -2.38. The maximum Gasteiger partial charge on any atom is 0.508 e. The average Bonchev–Trinajstić information content (AvgIpc) is 3.03. The summed E-state index contributed by atoms with van der Waals surface area (Å²) >= 11 is 0. The van der Waals surface area contributed by atoms with Gasteiger partial charge in [-0.3, -0.25) is 0 Å². The molecule has 228 valence electrons. The van der Waals surface area contributed by atoms with Crippen molar-refractivity contribution in [1.82, 2.24) is 0 Å². The van der Waals surface area contributed by atoms with Gasteiger partial charge in [-0.2, -0.15) is 0 Å². The number of unbranched alkanes of at least 4 members (excludes halogenated alkanes) is 9. The fourth-order valence-electron chi connectivity index (χ4n) is 5.30. The maximum atomic E-state index is 12.4. The summed E-state index contributed by atoms with van der Waals surface area (Å²) in [5.74, 6) is 0. The minimum Gasteiger partial charge on any atom is -0.435 e. The highest BCUT2D eigenvalue weighted by Crippen LogP contribution is 2.40. The number of benzene rings is 3. The number of carbonyl (C=O) groups is 1. The molecule has 0 heterocycles. The third kappa shape index (κ3) is 10.9. The summed E-state index contributed by atoms with van der Waals surface area (Å²) in [6.45, 7) is 5.27. The van der Waals surface area contributed by atoms with Crippen LogP contribution in [0, 0.1) is 0 Å². The van der Waals surface area contributed by atoms with E-state index in [9.17, 15) is 4.79 Å². The predicted octanol–water partition coefficient (Wildman–Crippen LogP) is 9.47. The molecule has 0 N–H and O–H groups in total. The zero-order chi connectivity index (χ0) is 29.7. The molecule has 0 aliphatic rings. The smallest absolute Gasteiger partial charge is 0.435 e. The van der Waals surface area contributed by atoms with Crippen LogP contribution in [0.4, 0.5) is 4.79 Å². The van der Waals surface area contributed by atoms with Crippen LogP contribution >= 0.6 is 0 Å². The summed E-state index contributed by atoms with van der Waals surface area (Å²) < 4.78 is 23.7. The molecule has 0 saturated heterocycles. The van der Waals surface area contributed by atoms with Crippen molar-refractivity contribution >= 4 is 6.16 Å². The molecule has 0 aliphatic heterocycles. The Labute approximate surface area is 253 Å². The van der Waals surface area contributed by atoms with E-state index < -0.39 is 17.9 Å². The van der Waals surface area contributed by atoms with Crippen molar-refractivity contribution in [3.63, 3.8) is 0 Å². The Kier molecular flexibility index (Phi) is 15.8. The molecule has 0 amide bonds. The van der Waals surface area contributed by atoms with Gasteiger partial charge < -0.3 is 18.9 Å². The zero-order valence-corrected chi connectivity index (χ0v) is 25.7. The molecule has 3 rings (SSSR count). The molecule has 1 atom stereocenters. The van der Waals surface area contributed by atoms with Gasteiger partial charge in [-0.15, -0.1) is 0 Å². The van der Waals surface area contributed by atoms with Gasteiger partial charge in [0.05, 0.1) is 19.8 Å². The van der Waals surface area contributed by atoms with E-state index in [4.69, 9.17) is 18.9 Å². The average molecular weight is 575 g/mol. The van der Waals surface area contributed by atoms with Crippen LogP contribution in [0.3, 0.4) is 0 Å². The molecule has 3 aromatic carbocycles. The fraction of sp³-hybridized carbons (Fsp3) is 0.486. The van der Waals surface area contributed by atoms with Crippen LogP contribution in [0.1, 0.15) is 94.7 Å². The minimum atomic E-state index is -0.906. The highest BCUT2D eigenvalue weighted by molar-refractivity contribution is 5.60. The third-order valence-electron chi connectivity index (χ3n) is 7.50. The van der Waals surface area contributed by atoms with E-state index in [2.05, 4.69) is 43.3 Å². The van der Waals surface area contributed by atoms with Gasteiger partial charge in [0.25, 0.3) is 0 Å². The van der Waals surface area contributed by atoms with Gasteiger partial charge in [-0.1, -0.05) is 156 Å².